The predicted molar refractivity (Wildman–Crippen MR) is 60.4 cm³/mol. The van der Waals surface area contributed by atoms with Crippen molar-refractivity contribution in [3.8, 4) is 0 Å². The molecule has 0 radical (unpaired) electrons. The molecule has 0 saturated carbocycles. The van der Waals surface area contributed by atoms with Gasteiger partial charge in [-0.05, 0) is 24.5 Å². The van der Waals surface area contributed by atoms with Crippen LogP contribution in [-0.4, -0.2) is 5.97 Å². The first kappa shape index (κ1) is 11.5. The summed E-state index contributed by atoms with van der Waals surface area (Å²) in [5, 5.41) is 0. The van der Waals surface area contributed by atoms with Crippen molar-refractivity contribution < 1.29 is 9.53 Å². The molecule has 0 amide bonds. The summed E-state index contributed by atoms with van der Waals surface area (Å²) in [5.74, 6) is -0.249. The smallest absolute Gasteiger partial charge is 0.302 e. The first-order valence-corrected chi connectivity index (χ1v) is 4.93. The third-order valence-corrected chi connectivity index (χ3v) is 1.97. The summed E-state index contributed by atoms with van der Waals surface area (Å²) in [6.07, 6.45) is 0.897. The van der Waals surface area contributed by atoms with Crippen molar-refractivity contribution >= 4 is 5.97 Å². The van der Waals surface area contributed by atoms with Crippen LogP contribution in [0.5, 0.6) is 0 Å². The Bertz CT molecular complexity index is 349. The summed E-state index contributed by atoms with van der Waals surface area (Å²) in [5.41, 5.74) is 3.38. The van der Waals surface area contributed by atoms with Gasteiger partial charge in [-0.3, -0.25) is 4.79 Å². The van der Waals surface area contributed by atoms with Crippen molar-refractivity contribution in [2.45, 2.75) is 26.9 Å². The SMILES string of the molecule is C=C(C)Cc1ccc(COC(C)=O)cc1. The molecule has 0 aliphatic heterocycles. The van der Waals surface area contributed by atoms with E-state index in [4.69, 9.17) is 4.74 Å². The van der Waals surface area contributed by atoms with Crippen molar-refractivity contribution in [3.05, 3.63) is 47.5 Å². The van der Waals surface area contributed by atoms with Crippen LogP contribution in [0.4, 0.5) is 0 Å². The number of ether oxygens (including phenoxy) is 1. The minimum absolute atomic E-state index is 0.249. The number of carbonyl (C=O) groups is 1. The molecule has 1 aromatic carbocycles. The van der Waals surface area contributed by atoms with E-state index < -0.39 is 0 Å². The second kappa shape index (κ2) is 5.35. The minimum Gasteiger partial charge on any atom is -0.461 e. The zero-order chi connectivity index (χ0) is 11.3. The molecular formula is C13H16O2. The second-order valence-corrected chi connectivity index (χ2v) is 3.73. The van der Waals surface area contributed by atoms with E-state index in [1.165, 1.54) is 12.5 Å². The number of esters is 1. The van der Waals surface area contributed by atoms with E-state index in [1.807, 2.05) is 31.2 Å². The fraction of sp³-hybridized carbons (Fsp3) is 0.308. The highest BCUT2D eigenvalue weighted by molar-refractivity contribution is 5.65. The lowest BCUT2D eigenvalue weighted by molar-refractivity contribution is -0.142. The molecule has 15 heavy (non-hydrogen) atoms. The van der Waals surface area contributed by atoms with Gasteiger partial charge in [0.25, 0.3) is 0 Å². The molecule has 0 N–H and O–H groups in total. The molecule has 0 aromatic heterocycles. The maximum atomic E-state index is 10.6. The van der Waals surface area contributed by atoms with Crippen LogP contribution in [0.1, 0.15) is 25.0 Å². The molecule has 0 aliphatic rings. The summed E-state index contributed by atoms with van der Waals surface area (Å²) in [6.45, 7) is 7.63. The first-order chi connectivity index (χ1) is 7.08. The average molecular weight is 204 g/mol. The van der Waals surface area contributed by atoms with Crippen LogP contribution in [0.25, 0.3) is 0 Å². The molecule has 80 valence electrons. The van der Waals surface area contributed by atoms with Gasteiger partial charge in [0.1, 0.15) is 6.61 Å². The Kier molecular flexibility index (Phi) is 4.10. The minimum atomic E-state index is -0.249. The Morgan fingerprint density at radius 1 is 1.20 bits per heavy atom. The van der Waals surface area contributed by atoms with Crippen LogP contribution in [0.3, 0.4) is 0 Å². The van der Waals surface area contributed by atoms with Gasteiger partial charge in [0, 0.05) is 6.92 Å². The fourth-order valence-corrected chi connectivity index (χ4v) is 1.29. The lowest BCUT2D eigenvalue weighted by atomic mass is 10.1. The van der Waals surface area contributed by atoms with Crippen LogP contribution < -0.4 is 0 Å². The third-order valence-electron chi connectivity index (χ3n) is 1.97. The number of hydrogen-bond donors (Lipinski definition) is 0. The zero-order valence-corrected chi connectivity index (χ0v) is 9.25. The van der Waals surface area contributed by atoms with Crippen molar-refractivity contribution in [3.63, 3.8) is 0 Å². The molecule has 2 heteroatoms. The van der Waals surface area contributed by atoms with Gasteiger partial charge < -0.3 is 4.74 Å². The van der Waals surface area contributed by atoms with Crippen LogP contribution in [0.2, 0.25) is 0 Å². The van der Waals surface area contributed by atoms with E-state index in [2.05, 4.69) is 6.58 Å². The Balaban J connectivity index is 2.56. The van der Waals surface area contributed by atoms with E-state index >= 15 is 0 Å². The van der Waals surface area contributed by atoms with Crippen molar-refractivity contribution in [2.24, 2.45) is 0 Å². The Morgan fingerprint density at radius 3 is 2.20 bits per heavy atom. The third kappa shape index (κ3) is 4.45. The van der Waals surface area contributed by atoms with Gasteiger partial charge in [-0.1, -0.05) is 36.4 Å². The van der Waals surface area contributed by atoms with Crippen LogP contribution in [-0.2, 0) is 22.6 Å². The van der Waals surface area contributed by atoms with E-state index in [0.717, 1.165) is 17.6 Å². The number of hydrogen-bond acceptors (Lipinski definition) is 2. The highest BCUT2D eigenvalue weighted by Crippen LogP contribution is 2.09. The van der Waals surface area contributed by atoms with Gasteiger partial charge >= 0.3 is 5.97 Å². The summed E-state index contributed by atoms with van der Waals surface area (Å²) in [4.78, 5) is 10.6. The van der Waals surface area contributed by atoms with Crippen molar-refractivity contribution in [1.29, 1.82) is 0 Å². The number of rotatable bonds is 4. The lowest BCUT2D eigenvalue weighted by Gasteiger charge is -2.04. The predicted octanol–water partition coefficient (Wildman–Crippen LogP) is 2.87. The van der Waals surface area contributed by atoms with Gasteiger partial charge in [-0.25, -0.2) is 0 Å². The normalized spacial score (nSPS) is 9.73. The maximum absolute atomic E-state index is 10.6. The molecular weight excluding hydrogens is 188 g/mol. The number of allylic oxidation sites excluding steroid dienone is 1. The van der Waals surface area contributed by atoms with Gasteiger partial charge in [0.15, 0.2) is 0 Å². The highest BCUT2D eigenvalue weighted by Gasteiger charge is 1.97. The van der Waals surface area contributed by atoms with E-state index in [-0.39, 0.29) is 5.97 Å². The topological polar surface area (TPSA) is 26.3 Å². The molecule has 0 fully saturated rings. The summed E-state index contributed by atoms with van der Waals surface area (Å²) >= 11 is 0. The summed E-state index contributed by atoms with van der Waals surface area (Å²) in [7, 11) is 0. The zero-order valence-electron chi connectivity index (χ0n) is 9.25. The standard InChI is InChI=1S/C13H16O2/c1-10(2)8-12-4-6-13(7-5-12)9-15-11(3)14/h4-7H,1,8-9H2,2-3H3. The Morgan fingerprint density at radius 2 is 1.73 bits per heavy atom. The molecule has 0 spiro atoms. The monoisotopic (exact) mass is 204 g/mol. The molecule has 0 atom stereocenters. The van der Waals surface area contributed by atoms with E-state index in [0.29, 0.717) is 6.61 Å². The molecule has 0 unspecified atom stereocenters. The van der Waals surface area contributed by atoms with Gasteiger partial charge in [-0.15, -0.1) is 0 Å². The maximum Gasteiger partial charge on any atom is 0.302 e. The van der Waals surface area contributed by atoms with Crippen LogP contribution >= 0.6 is 0 Å². The van der Waals surface area contributed by atoms with Gasteiger partial charge in [0.2, 0.25) is 0 Å². The van der Waals surface area contributed by atoms with E-state index in [1.54, 1.807) is 0 Å². The second-order valence-electron chi connectivity index (χ2n) is 3.73. The molecule has 1 aromatic rings. The quantitative estimate of drug-likeness (QED) is 0.557. The Labute approximate surface area is 90.6 Å². The molecule has 2 nitrogen and oxygen atoms in total. The first-order valence-electron chi connectivity index (χ1n) is 4.93. The summed E-state index contributed by atoms with van der Waals surface area (Å²) in [6, 6.07) is 8.02. The number of carbonyl (C=O) groups excluding carboxylic acids is 1. The average Bonchev–Trinajstić information content (AvgIpc) is 2.16. The van der Waals surface area contributed by atoms with Gasteiger partial charge in [-0.2, -0.15) is 0 Å². The molecule has 1 rings (SSSR count). The fourth-order valence-electron chi connectivity index (χ4n) is 1.29. The Hall–Kier alpha value is -1.57. The lowest BCUT2D eigenvalue weighted by Crippen LogP contribution is -1.98. The van der Waals surface area contributed by atoms with Crippen molar-refractivity contribution in [1.82, 2.24) is 0 Å². The van der Waals surface area contributed by atoms with Crippen LogP contribution in [0, 0.1) is 0 Å². The van der Waals surface area contributed by atoms with E-state index in [9.17, 15) is 4.79 Å². The largest absolute Gasteiger partial charge is 0.461 e. The van der Waals surface area contributed by atoms with Crippen LogP contribution in [0.15, 0.2) is 36.4 Å². The molecule has 0 saturated heterocycles. The highest BCUT2D eigenvalue weighted by atomic mass is 16.5. The molecule has 0 aliphatic carbocycles. The molecule has 0 bridgehead atoms. The molecule has 0 heterocycles. The van der Waals surface area contributed by atoms with Gasteiger partial charge in [0.05, 0.1) is 0 Å². The number of benzene rings is 1. The summed E-state index contributed by atoms with van der Waals surface area (Å²) < 4.78 is 4.89. The van der Waals surface area contributed by atoms with Crippen molar-refractivity contribution in [2.75, 3.05) is 0 Å².